The van der Waals surface area contributed by atoms with Crippen LogP contribution in [0.1, 0.15) is 43.3 Å². The highest BCUT2D eigenvalue weighted by Crippen LogP contribution is 2.25. The van der Waals surface area contributed by atoms with Crippen molar-refractivity contribution < 1.29 is 4.42 Å². The van der Waals surface area contributed by atoms with Crippen molar-refractivity contribution in [3.63, 3.8) is 0 Å². The van der Waals surface area contributed by atoms with Gasteiger partial charge < -0.3 is 9.73 Å². The fraction of sp³-hybridized carbons (Fsp3) is 0.500. The van der Waals surface area contributed by atoms with Crippen LogP contribution in [-0.4, -0.2) is 16.3 Å². The SMILES string of the molecule is CCCNC(c1ccoc1C)c1ccnn1CC. The molecule has 0 amide bonds. The second-order valence-electron chi connectivity index (χ2n) is 4.39. The third-order valence-electron chi connectivity index (χ3n) is 3.15. The molecule has 98 valence electrons. The van der Waals surface area contributed by atoms with E-state index in [4.69, 9.17) is 4.42 Å². The van der Waals surface area contributed by atoms with Crippen molar-refractivity contribution in [2.45, 2.75) is 39.8 Å². The molecule has 2 aromatic rings. The second-order valence-corrected chi connectivity index (χ2v) is 4.39. The van der Waals surface area contributed by atoms with Gasteiger partial charge in [-0.2, -0.15) is 5.10 Å². The summed E-state index contributed by atoms with van der Waals surface area (Å²) in [5, 5.41) is 7.92. The zero-order valence-corrected chi connectivity index (χ0v) is 11.3. The molecule has 0 aliphatic heterocycles. The van der Waals surface area contributed by atoms with Crippen molar-refractivity contribution >= 4 is 0 Å². The third kappa shape index (κ3) is 2.48. The van der Waals surface area contributed by atoms with Crippen LogP contribution in [0.25, 0.3) is 0 Å². The molecule has 4 nitrogen and oxygen atoms in total. The Bertz CT molecular complexity index is 487. The molecule has 1 N–H and O–H groups in total. The molecule has 2 heterocycles. The molecule has 0 radical (unpaired) electrons. The van der Waals surface area contributed by atoms with Crippen molar-refractivity contribution in [2.75, 3.05) is 6.54 Å². The predicted octanol–water partition coefficient (Wildman–Crippen LogP) is 2.89. The number of furan rings is 1. The molecule has 0 spiro atoms. The van der Waals surface area contributed by atoms with E-state index in [1.165, 1.54) is 11.3 Å². The van der Waals surface area contributed by atoms with E-state index in [1.54, 1.807) is 6.26 Å². The lowest BCUT2D eigenvalue weighted by Crippen LogP contribution is -2.26. The quantitative estimate of drug-likeness (QED) is 0.853. The van der Waals surface area contributed by atoms with Gasteiger partial charge in [0, 0.05) is 18.3 Å². The summed E-state index contributed by atoms with van der Waals surface area (Å²) in [7, 11) is 0. The molecule has 4 heteroatoms. The van der Waals surface area contributed by atoms with Gasteiger partial charge in [-0.15, -0.1) is 0 Å². The first-order valence-electron chi connectivity index (χ1n) is 6.57. The van der Waals surface area contributed by atoms with Gasteiger partial charge in [0.15, 0.2) is 0 Å². The summed E-state index contributed by atoms with van der Waals surface area (Å²) in [5.74, 6) is 0.965. The molecular formula is C14H21N3O. The number of hydrogen-bond acceptors (Lipinski definition) is 3. The average Bonchev–Trinajstić information content (AvgIpc) is 2.99. The standard InChI is InChI=1S/C14H21N3O/c1-4-8-15-14(12-7-10-18-11(12)3)13-6-9-16-17(13)5-2/h6-7,9-10,14-15H,4-5,8H2,1-3H3. The van der Waals surface area contributed by atoms with E-state index >= 15 is 0 Å². The van der Waals surface area contributed by atoms with Gasteiger partial charge in [-0.1, -0.05) is 6.92 Å². The first-order valence-corrected chi connectivity index (χ1v) is 6.57. The Labute approximate surface area is 108 Å². The Balaban J connectivity index is 2.34. The molecule has 0 bridgehead atoms. The van der Waals surface area contributed by atoms with Gasteiger partial charge in [-0.3, -0.25) is 4.68 Å². The van der Waals surface area contributed by atoms with Gasteiger partial charge in [-0.25, -0.2) is 0 Å². The van der Waals surface area contributed by atoms with Gasteiger partial charge in [0.05, 0.1) is 18.0 Å². The topological polar surface area (TPSA) is 43.0 Å². The predicted molar refractivity (Wildman–Crippen MR) is 71.5 cm³/mol. The van der Waals surface area contributed by atoms with E-state index in [2.05, 4.69) is 30.3 Å². The average molecular weight is 247 g/mol. The van der Waals surface area contributed by atoms with Crippen molar-refractivity contribution in [3.05, 3.63) is 41.6 Å². The summed E-state index contributed by atoms with van der Waals surface area (Å²) in [6, 6.07) is 4.27. The van der Waals surface area contributed by atoms with Crippen LogP contribution >= 0.6 is 0 Å². The van der Waals surface area contributed by atoms with Crippen LogP contribution < -0.4 is 5.32 Å². The fourth-order valence-corrected chi connectivity index (χ4v) is 2.21. The molecule has 1 unspecified atom stereocenters. The Kier molecular flexibility index (Phi) is 4.20. The molecule has 0 aliphatic rings. The Morgan fingerprint density at radius 2 is 2.22 bits per heavy atom. The monoisotopic (exact) mass is 247 g/mol. The summed E-state index contributed by atoms with van der Waals surface area (Å²) in [6.07, 6.45) is 4.71. The van der Waals surface area contributed by atoms with Crippen LogP contribution in [0.15, 0.2) is 29.0 Å². The van der Waals surface area contributed by atoms with Crippen LogP contribution in [0.3, 0.4) is 0 Å². The second kappa shape index (κ2) is 5.87. The molecule has 0 aromatic carbocycles. The highest BCUT2D eigenvalue weighted by atomic mass is 16.3. The Morgan fingerprint density at radius 1 is 1.39 bits per heavy atom. The van der Waals surface area contributed by atoms with Crippen LogP contribution in [0.5, 0.6) is 0 Å². The minimum absolute atomic E-state index is 0.158. The summed E-state index contributed by atoms with van der Waals surface area (Å²) in [6.45, 7) is 8.13. The van der Waals surface area contributed by atoms with E-state index in [0.717, 1.165) is 25.3 Å². The fourth-order valence-electron chi connectivity index (χ4n) is 2.21. The number of aryl methyl sites for hydroxylation is 2. The molecule has 0 aliphatic carbocycles. The van der Waals surface area contributed by atoms with Crippen molar-refractivity contribution in [3.8, 4) is 0 Å². The zero-order chi connectivity index (χ0) is 13.0. The van der Waals surface area contributed by atoms with Gasteiger partial charge >= 0.3 is 0 Å². The first kappa shape index (κ1) is 12.9. The van der Waals surface area contributed by atoms with Crippen LogP contribution in [0, 0.1) is 6.92 Å². The molecule has 0 saturated heterocycles. The van der Waals surface area contributed by atoms with Gasteiger partial charge in [0.2, 0.25) is 0 Å². The number of nitrogens with zero attached hydrogens (tertiary/aromatic N) is 2. The molecule has 2 aromatic heterocycles. The summed E-state index contributed by atoms with van der Waals surface area (Å²) >= 11 is 0. The number of rotatable bonds is 6. The van der Waals surface area contributed by atoms with Crippen LogP contribution in [0.4, 0.5) is 0 Å². The van der Waals surface area contributed by atoms with E-state index in [1.807, 2.05) is 23.9 Å². The summed E-state index contributed by atoms with van der Waals surface area (Å²) in [4.78, 5) is 0. The highest BCUT2D eigenvalue weighted by Gasteiger charge is 2.20. The molecule has 2 rings (SSSR count). The lowest BCUT2D eigenvalue weighted by Gasteiger charge is -2.19. The van der Waals surface area contributed by atoms with Crippen molar-refractivity contribution in [2.24, 2.45) is 0 Å². The van der Waals surface area contributed by atoms with Crippen molar-refractivity contribution in [1.82, 2.24) is 15.1 Å². The van der Waals surface area contributed by atoms with E-state index in [9.17, 15) is 0 Å². The lowest BCUT2D eigenvalue weighted by atomic mass is 10.0. The largest absolute Gasteiger partial charge is 0.469 e. The minimum Gasteiger partial charge on any atom is -0.469 e. The maximum absolute atomic E-state index is 5.43. The molecular weight excluding hydrogens is 226 g/mol. The normalized spacial score (nSPS) is 12.8. The maximum Gasteiger partial charge on any atom is 0.105 e. The Morgan fingerprint density at radius 3 is 2.83 bits per heavy atom. The minimum atomic E-state index is 0.158. The molecule has 0 fully saturated rings. The van der Waals surface area contributed by atoms with Crippen molar-refractivity contribution in [1.29, 1.82) is 0 Å². The number of hydrogen-bond donors (Lipinski definition) is 1. The molecule has 0 saturated carbocycles. The summed E-state index contributed by atoms with van der Waals surface area (Å²) < 4.78 is 7.45. The Hall–Kier alpha value is -1.55. The zero-order valence-electron chi connectivity index (χ0n) is 11.3. The van der Waals surface area contributed by atoms with E-state index < -0.39 is 0 Å². The van der Waals surface area contributed by atoms with Gasteiger partial charge in [-0.05, 0) is 38.9 Å². The lowest BCUT2D eigenvalue weighted by molar-refractivity contribution is 0.500. The molecule has 18 heavy (non-hydrogen) atoms. The summed E-state index contributed by atoms with van der Waals surface area (Å²) in [5.41, 5.74) is 2.38. The highest BCUT2D eigenvalue weighted by molar-refractivity contribution is 5.29. The first-order chi connectivity index (χ1) is 8.77. The number of aromatic nitrogens is 2. The van der Waals surface area contributed by atoms with E-state index in [0.29, 0.717) is 0 Å². The third-order valence-corrected chi connectivity index (χ3v) is 3.15. The van der Waals surface area contributed by atoms with E-state index in [-0.39, 0.29) is 6.04 Å². The van der Waals surface area contributed by atoms with Crippen LogP contribution in [-0.2, 0) is 6.54 Å². The number of nitrogens with one attached hydrogen (secondary N) is 1. The van der Waals surface area contributed by atoms with Gasteiger partial charge in [0.1, 0.15) is 5.76 Å². The van der Waals surface area contributed by atoms with Gasteiger partial charge in [0.25, 0.3) is 0 Å². The smallest absolute Gasteiger partial charge is 0.105 e. The molecule has 1 atom stereocenters. The maximum atomic E-state index is 5.43. The van der Waals surface area contributed by atoms with Crippen LogP contribution in [0.2, 0.25) is 0 Å².